The highest BCUT2D eigenvalue weighted by atomic mass is 32.1. The average Bonchev–Trinajstić information content (AvgIpc) is 3.08. The molecule has 2 aliphatic heterocycles. The lowest BCUT2D eigenvalue weighted by molar-refractivity contribution is -0.134. The van der Waals surface area contributed by atoms with Crippen LogP contribution in [0.2, 0.25) is 0 Å². The number of anilines is 1. The van der Waals surface area contributed by atoms with E-state index in [1.54, 1.807) is 0 Å². The Morgan fingerprint density at radius 2 is 2.04 bits per heavy atom. The Hall–Kier alpha value is -1.51. The Bertz CT molecular complexity index is 670. The second kappa shape index (κ2) is 9.80. The topological polar surface area (TPSA) is 74.8 Å². The van der Waals surface area contributed by atoms with E-state index in [0.29, 0.717) is 18.1 Å². The SMILES string of the molecule is CCCC(=O)N1CCCC(C(=O)Nc2nc(CN3CC(C)OC(C)C3)cs2)C1. The van der Waals surface area contributed by atoms with E-state index < -0.39 is 0 Å². The summed E-state index contributed by atoms with van der Waals surface area (Å²) in [6.45, 7) is 10.0. The van der Waals surface area contributed by atoms with Crippen LogP contribution in [0.25, 0.3) is 0 Å². The molecule has 8 heteroatoms. The van der Waals surface area contributed by atoms with Crippen LogP contribution in [0.5, 0.6) is 0 Å². The van der Waals surface area contributed by atoms with Gasteiger partial charge in [0.2, 0.25) is 11.8 Å². The molecule has 1 aromatic heterocycles. The monoisotopic (exact) mass is 408 g/mol. The van der Waals surface area contributed by atoms with E-state index in [1.807, 2.05) is 17.2 Å². The van der Waals surface area contributed by atoms with Crippen molar-refractivity contribution >= 4 is 28.3 Å². The summed E-state index contributed by atoms with van der Waals surface area (Å²) in [6.07, 6.45) is 3.56. The molecule has 1 N–H and O–H groups in total. The highest BCUT2D eigenvalue weighted by Gasteiger charge is 2.28. The van der Waals surface area contributed by atoms with E-state index in [1.165, 1.54) is 11.3 Å². The zero-order valence-corrected chi connectivity index (χ0v) is 18.0. The first-order chi connectivity index (χ1) is 13.4. The van der Waals surface area contributed by atoms with Crippen LogP contribution in [-0.4, -0.2) is 65.0 Å². The molecule has 1 aromatic rings. The van der Waals surface area contributed by atoms with E-state index in [4.69, 9.17) is 4.74 Å². The van der Waals surface area contributed by atoms with Crippen molar-refractivity contribution in [1.82, 2.24) is 14.8 Å². The van der Waals surface area contributed by atoms with Gasteiger partial charge in [-0.1, -0.05) is 6.92 Å². The predicted molar refractivity (Wildman–Crippen MR) is 110 cm³/mol. The number of morpholine rings is 1. The minimum Gasteiger partial charge on any atom is -0.373 e. The van der Waals surface area contributed by atoms with Crippen LogP contribution >= 0.6 is 11.3 Å². The van der Waals surface area contributed by atoms with Gasteiger partial charge in [0.15, 0.2) is 5.13 Å². The number of carbonyl (C=O) groups excluding carboxylic acids is 2. The first kappa shape index (κ1) is 21.2. The largest absolute Gasteiger partial charge is 0.373 e. The van der Waals surface area contributed by atoms with Crippen molar-refractivity contribution in [3.05, 3.63) is 11.1 Å². The van der Waals surface area contributed by atoms with Gasteiger partial charge in [-0.25, -0.2) is 4.98 Å². The Morgan fingerprint density at radius 3 is 2.75 bits per heavy atom. The van der Waals surface area contributed by atoms with Gasteiger partial charge in [-0.3, -0.25) is 14.5 Å². The van der Waals surface area contributed by atoms with Gasteiger partial charge < -0.3 is 15.0 Å². The van der Waals surface area contributed by atoms with Gasteiger partial charge in [0.05, 0.1) is 23.8 Å². The summed E-state index contributed by atoms with van der Waals surface area (Å²) in [4.78, 5) is 33.6. The van der Waals surface area contributed by atoms with E-state index in [9.17, 15) is 9.59 Å². The van der Waals surface area contributed by atoms with Crippen LogP contribution in [0.4, 0.5) is 5.13 Å². The number of nitrogens with zero attached hydrogens (tertiary/aromatic N) is 3. The summed E-state index contributed by atoms with van der Waals surface area (Å²) >= 11 is 1.47. The van der Waals surface area contributed by atoms with Crippen molar-refractivity contribution in [2.45, 2.75) is 65.2 Å². The highest BCUT2D eigenvalue weighted by Crippen LogP contribution is 2.23. The third-order valence-corrected chi connectivity index (χ3v) is 6.08. The Kier molecular flexibility index (Phi) is 7.42. The molecule has 0 bridgehead atoms. The molecule has 3 heterocycles. The molecule has 156 valence electrons. The summed E-state index contributed by atoms with van der Waals surface area (Å²) in [5, 5.41) is 5.62. The smallest absolute Gasteiger partial charge is 0.231 e. The lowest BCUT2D eigenvalue weighted by Crippen LogP contribution is -2.44. The van der Waals surface area contributed by atoms with Crippen molar-refractivity contribution < 1.29 is 14.3 Å². The van der Waals surface area contributed by atoms with Crippen LogP contribution < -0.4 is 5.32 Å². The van der Waals surface area contributed by atoms with Crippen LogP contribution in [0.1, 0.15) is 52.1 Å². The van der Waals surface area contributed by atoms with Crippen LogP contribution in [0.15, 0.2) is 5.38 Å². The van der Waals surface area contributed by atoms with Crippen LogP contribution in [-0.2, 0) is 20.9 Å². The number of likely N-dealkylation sites (tertiary alicyclic amines) is 1. The fourth-order valence-electron chi connectivity index (χ4n) is 4.08. The van der Waals surface area contributed by atoms with E-state index in [0.717, 1.165) is 51.1 Å². The standard InChI is InChI=1S/C20H32N4O3S/c1-4-6-18(25)24-8-5-7-16(11-24)19(26)22-20-21-17(13-28-20)12-23-9-14(2)27-15(3)10-23/h13-16H,4-12H2,1-3H3,(H,21,22,26). The fourth-order valence-corrected chi connectivity index (χ4v) is 4.78. The first-order valence-corrected chi connectivity index (χ1v) is 11.2. The quantitative estimate of drug-likeness (QED) is 0.783. The minimum absolute atomic E-state index is 0.0245. The van der Waals surface area contributed by atoms with E-state index in [-0.39, 0.29) is 29.9 Å². The molecule has 7 nitrogen and oxygen atoms in total. The van der Waals surface area contributed by atoms with E-state index in [2.05, 4.69) is 29.0 Å². The number of amides is 2. The molecule has 3 atom stereocenters. The summed E-state index contributed by atoms with van der Waals surface area (Å²) < 4.78 is 5.78. The maximum Gasteiger partial charge on any atom is 0.231 e. The molecule has 0 aliphatic carbocycles. The van der Waals surface area contributed by atoms with Gasteiger partial charge in [-0.15, -0.1) is 11.3 Å². The molecule has 3 unspecified atom stereocenters. The van der Waals surface area contributed by atoms with Gasteiger partial charge in [-0.2, -0.15) is 0 Å². The molecule has 3 rings (SSSR count). The van der Waals surface area contributed by atoms with Gasteiger partial charge in [0, 0.05) is 44.5 Å². The third kappa shape index (κ3) is 5.75. The Balaban J connectivity index is 1.51. The number of piperidine rings is 1. The first-order valence-electron chi connectivity index (χ1n) is 10.4. The normalized spacial score (nSPS) is 26.2. The molecule has 0 radical (unpaired) electrons. The zero-order chi connectivity index (χ0) is 20.1. The highest BCUT2D eigenvalue weighted by molar-refractivity contribution is 7.13. The molecule has 0 aromatic carbocycles. The molecular weight excluding hydrogens is 376 g/mol. The molecule has 0 spiro atoms. The number of nitrogens with one attached hydrogen (secondary N) is 1. The third-order valence-electron chi connectivity index (χ3n) is 5.27. The summed E-state index contributed by atoms with van der Waals surface area (Å²) in [7, 11) is 0. The van der Waals surface area contributed by atoms with Gasteiger partial charge >= 0.3 is 0 Å². The molecule has 28 heavy (non-hydrogen) atoms. The van der Waals surface area contributed by atoms with Crippen LogP contribution in [0, 0.1) is 5.92 Å². The average molecular weight is 409 g/mol. The van der Waals surface area contributed by atoms with Gasteiger partial charge in [0.25, 0.3) is 0 Å². The number of aromatic nitrogens is 1. The predicted octanol–water partition coefficient (Wildman–Crippen LogP) is 2.73. The summed E-state index contributed by atoms with van der Waals surface area (Å²) in [6, 6.07) is 0. The molecular formula is C20H32N4O3S. The number of rotatable bonds is 6. The molecule has 0 saturated carbocycles. The van der Waals surface area contributed by atoms with Crippen molar-refractivity contribution in [2.75, 3.05) is 31.5 Å². The molecule has 2 amide bonds. The van der Waals surface area contributed by atoms with Crippen molar-refractivity contribution in [1.29, 1.82) is 0 Å². The Morgan fingerprint density at radius 1 is 1.29 bits per heavy atom. The van der Waals surface area contributed by atoms with Crippen LogP contribution in [0.3, 0.4) is 0 Å². The number of thiazole rings is 1. The Labute approximate surface area is 171 Å². The summed E-state index contributed by atoms with van der Waals surface area (Å²) in [5.74, 6) is -0.0168. The maximum atomic E-state index is 12.7. The number of ether oxygens (including phenoxy) is 1. The second-order valence-corrected chi connectivity index (χ2v) is 8.87. The van der Waals surface area contributed by atoms with Crippen molar-refractivity contribution in [3.8, 4) is 0 Å². The lowest BCUT2D eigenvalue weighted by Gasteiger charge is -2.34. The summed E-state index contributed by atoms with van der Waals surface area (Å²) in [5.41, 5.74) is 0.977. The molecule has 2 fully saturated rings. The number of hydrogen-bond acceptors (Lipinski definition) is 6. The zero-order valence-electron chi connectivity index (χ0n) is 17.1. The van der Waals surface area contributed by atoms with E-state index >= 15 is 0 Å². The molecule has 2 saturated heterocycles. The second-order valence-electron chi connectivity index (χ2n) is 8.01. The van der Waals surface area contributed by atoms with Crippen molar-refractivity contribution in [3.63, 3.8) is 0 Å². The number of carbonyl (C=O) groups is 2. The maximum absolute atomic E-state index is 12.7. The van der Waals surface area contributed by atoms with Crippen molar-refractivity contribution in [2.24, 2.45) is 5.92 Å². The fraction of sp³-hybridized carbons (Fsp3) is 0.750. The van der Waals surface area contributed by atoms with Gasteiger partial charge in [0.1, 0.15) is 0 Å². The lowest BCUT2D eigenvalue weighted by atomic mass is 9.97. The molecule has 2 aliphatic rings. The minimum atomic E-state index is -0.150. The number of hydrogen-bond donors (Lipinski definition) is 1. The van der Waals surface area contributed by atoms with Gasteiger partial charge in [-0.05, 0) is 33.1 Å².